The number of imidazole rings is 1. The summed E-state index contributed by atoms with van der Waals surface area (Å²) >= 11 is 0. The Labute approximate surface area is 77.4 Å². The fourth-order valence-electron chi connectivity index (χ4n) is 1.45. The highest BCUT2D eigenvalue weighted by atomic mass is 15.0. The zero-order valence-corrected chi connectivity index (χ0v) is 8.15. The van der Waals surface area contributed by atoms with Crippen LogP contribution >= 0.6 is 0 Å². The monoisotopic (exact) mass is 175 g/mol. The van der Waals surface area contributed by atoms with Gasteiger partial charge in [0.2, 0.25) is 0 Å². The molecule has 0 radical (unpaired) electrons. The topological polar surface area (TPSA) is 30.2 Å². The lowest BCUT2D eigenvalue weighted by Gasteiger charge is -2.19. The Morgan fingerprint density at radius 2 is 2.08 bits per heavy atom. The maximum atomic E-state index is 4.22. The fraction of sp³-hybridized carbons (Fsp3) is 0.400. The van der Waals surface area contributed by atoms with Crippen LogP contribution in [0.1, 0.15) is 26.5 Å². The van der Waals surface area contributed by atoms with E-state index in [9.17, 15) is 0 Å². The van der Waals surface area contributed by atoms with Crippen molar-refractivity contribution in [3.05, 3.63) is 30.5 Å². The predicted octanol–water partition coefficient (Wildman–Crippen LogP) is 2.03. The van der Waals surface area contributed by atoms with Gasteiger partial charge in [-0.05, 0) is 6.07 Å². The lowest BCUT2D eigenvalue weighted by Crippen LogP contribution is -2.15. The van der Waals surface area contributed by atoms with Crippen LogP contribution in [-0.2, 0) is 5.41 Å². The molecule has 0 aliphatic heterocycles. The first kappa shape index (κ1) is 8.23. The molecule has 3 heteroatoms. The first-order chi connectivity index (χ1) is 6.09. The normalized spacial score (nSPS) is 12.2. The van der Waals surface area contributed by atoms with Gasteiger partial charge in [-0.2, -0.15) is 0 Å². The van der Waals surface area contributed by atoms with Gasteiger partial charge >= 0.3 is 0 Å². The van der Waals surface area contributed by atoms with E-state index in [0.29, 0.717) is 0 Å². The summed E-state index contributed by atoms with van der Waals surface area (Å²) in [5, 5.41) is 0. The molecule has 3 nitrogen and oxygen atoms in total. The summed E-state index contributed by atoms with van der Waals surface area (Å²) in [5.74, 6) is 0. The molecule has 0 aliphatic carbocycles. The summed E-state index contributed by atoms with van der Waals surface area (Å²) in [5.41, 5.74) is 2.27. The number of hydrogen-bond donors (Lipinski definition) is 0. The van der Waals surface area contributed by atoms with Crippen molar-refractivity contribution < 1.29 is 0 Å². The Kier molecular flexibility index (Phi) is 1.62. The standard InChI is InChI=1S/C10H13N3/c1-10(2,3)8-4-5-12-9-6-11-7-13(8)9/h4-7H,1-3H3. The Morgan fingerprint density at radius 1 is 1.31 bits per heavy atom. The van der Waals surface area contributed by atoms with Crippen molar-refractivity contribution in [2.24, 2.45) is 0 Å². The zero-order valence-electron chi connectivity index (χ0n) is 8.15. The van der Waals surface area contributed by atoms with Gasteiger partial charge in [0, 0.05) is 17.3 Å². The van der Waals surface area contributed by atoms with E-state index in [4.69, 9.17) is 0 Å². The first-order valence-electron chi connectivity index (χ1n) is 4.36. The summed E-state index contributed by atoms with van der Waals surface area (Å²) in [4.78, 5) is 8.29. The summed E-state index contributed by atoms with van der Waals surface area (Å²) in [6.45, 7) is 6.55. The van der Waals surface area contributed by atoms with E-state index in [2.05, 4.69) is 30.7 Å². The highest BCUT2D eigenvalue weighted by Crippen LogP contribution is 2.21. The number of rotatable bonds is 0. The van der Waals surface area contributed by atoms with Crippen molar-refractivity contribution in [3.8, 4) is 0 Å². The summed E-state index contributed by atoms with van der Waals surface area (Å²) < 4.78 is 2.03. The molecule has 2 aromatic rings. The van der Waals surface area contributed by atoms with Gasteiger partial charge in [-0.1, -0.05) is 20.8 Å². The van der Waals surface area contributed by atoms with Crippen LogP contribution in [0.3, 0.4) is 0 Å². The van der Waals surface area contributed by atoms with E-state index in [1.807, 2.05) is 23.0 Å². The van der Waals surface area contributed by atoms with E-state index in [0.717, 1.165) is 5.65 Å². The number of nitrogens with zero attached hydrogens (tertiary/aromatic N) is 3. The Balaban J connectivity index is 2.75. The smallest absolute Gasteiger partial charge is 0.156 e. The van der Waals surface area contributed by atoms with E-state index in [-0.39, 0.29) is 5.41 Å². The molecule has 0 spiro atoms. The average molecular weight is 175 g/mol. The molecular formula is C10H13N3. The molecule has 0 atom stereocenters. The van der Waals surface area contributed by atoms with Crippen LogP contribution in [0, 0.1) is 0 Å². The summed E-state index contributed by atoms with van der Waals surface area (Å²) in [6.07, 6.45) is 5.41. The molecule has 0 fully saturated rings. The van der Waals surface area contributed by atoms with Crippen LogP contribution in [0.2, 0.25) is 0 Å². The van der Waals surface area contributed by atoms with Gasteiger partial charge in [0.15, 0.2) is 5.65 Å². The van der Waals surface area contributed by atoms with Crippen LogP contribution < -0.4 is 0 Å². The second kappa shape index (κ2) is 2.55. The third kappa shape index (κ3) is 1.30. The van der Waals surface area contributed by atoms with Crippen molar-refractivity contribution in [2.45, 2.75) is 26.2 Å². The Morgan fingerprint density at radius 3 is 2.77 bits per heavy atom. The largest absolute Gasteiger partial charge is 0.287 e. The molecule has 0 aliphatic rings. The molecule has 0 saturated heterocycles. The third-order valence-corrected chi connectivity index (χ3v) is 2.09. The minimum Gasteiger partial charge on any atom is -0.287 e. The van der Waals surface area contributed by atoms with Crippen molar-refractivity contribution >= 4 is 5.65 Å². The predicted molar refractivity (Wildman–Crippen MR) is 51.7 cm³/mol. The first-order valence-corrected chi connectivity index (χ1v) is 4.36. The molecule has 0 amide bonds. The Bertz CT molecular complexity index is 423. The molecule has 0 aromatic carbocycles. The minimum atomic E-state index is 0.127. The van der Waals surface area contributed by atoms with Gasteiger partial charge in [0.05, 0.1) is 6.20 Å². The summed E-state index contributed by atoms with van der Waals surface area (Å²) in [7, 11) is 0. The SMILES string of the molecule is CC(C)(C)c1ccnc2cncn12. The van der Waals surface area contributed by atoms with Crippen LogP contribution in [0.25, 0.3) is 5.65 Å². The maximum Gasteiger partial charge on any atom is 0.156 e. The zero-order chi connectivity index (χ0) is 9.47. The lowest BCUT2D eigenvalue weighted by molar-refractivity contribution is 0.559. The highest BCUT2D eigenvalue weighted by Gasteiger charge is 2.16. The van der Waals surface area contributed by atoms with Crippen LogP contribution in [-0.4, -0.2) is 14.4 Å². The molecule has 2 aromatic heterocycles. The molecule has 2 rings (SSSR count). The van der Waals surface area contributed by atoms with E-state index in [1.165, 1.54) is 5.69 Å². The van der Waals surface area contributed by atoms with E-state index >= 15 is 0 Å². The van der Waals surface area contributed by atoms with Gasteiger partial charge in [-0.25, -0.2) is 9.97 Å². The van der Waals surface area contributed by atoms with Gasteiger partial charge in [-0.15, -0.1) is 0 Å². The highest BCUT2D eigenvalue weighted by molar-refractivity contribution is 5.37. The van der Waals surface area contributed by atoms with Gasteiger partial charge in [0.1, 0.15) is 6.33 Å². The van der Waals surface area contributed by atoms with Crippen LogP contribution in [0.5, 0.6) is 0 Å². The van der Waals surface area contributed by atoms with Crippen molar-refractivity contribution in [2.75, 3.05) is 0 Å². The van der Waals surface area contributed by atoms with Crippen molar-refractivity contribution in [1.29, 1.82) is 0 Å². The van der Waals surface area contributed by atoms with E-state index in [1.54, 1.807) is 6.20 Å². The maximum absolute atomic E-state index is 4.22. The molecule has 0 unspecified atom stereocenters. The second-order valence-electron chi connectivity index (χ2n) is 4.20. The van der Waals surface area contributed by atoms with Crippen molar-refractivity contribution in [1.82, 2.24) is 14.4 Å². The molecular weight excluding hydrogens is 162 g/mol. The van der Waals surface area contributed by atoms with E-state index < -0.39 is 0 Å². The van der Waals surface area contributed by atoms with Crippen LogP contribution in [0.4, 0.5) is 0 Å². The fourth-order valence-corrected chi connectivity index (χ4v) is 1.45. The average Bonchev–Trinajstić information content (AvgIpc) is 2.48. The number of hydrogen-bond acceptors (Lipinski definition) is 2. The molecule has 0 N–H and O–H groups in total. The quantitative estimate of drug-likeness (QED) is 0.613. The lowest BCUT2D eigenvalue weighted by atomic mass is 9.92. The molecule has 68 valence electrons. The molecule has 0 saturated carbocycles. The van der Waals surface area contributed by atoms with Crippen LogP contribution in [0.15, 0.2) is 24.8 Å². The van der Waals surface area contributed by atoms with Gasteiger partial charge < -0.3 is 0 Å². The molecule has 2 heterocycles. The molecule has 13 heavy (non-hydrogen) atoms. The number of fused-ring (bicyclic) bond motifs is 1. The van der Waals surface area contributed by atoms with Gasteiger partial charge in [0.25, 0.3) is 0 Å². The van der Waals surface area contributed by atoms with Gasteiger partial charge in [-0.3, -0.25) is 4.40 Å². The third-order valence-electron chi connectivity index (χ3n) is 2.09. The summed E-state index contributed by atoms with van der Waals surface area (Å²) in [6, 6.07) is 2.04. The Hall–Kier alpha value is -1.38. The van der Waals surface area contributed by atoms with Crippen molar-refractivity contribution in [3.63, 3.8) is 0 Å². The number of aromatic nitrogens is 3. The molecule has 0 bridgehead atoms. The second-order valence-corrected chi connectivity index (χ2v) is 4.20. The minimum absolute atomic E-state index is 0.127.